The van der Waals surface area contributed by atoms with Crippen LogP contribution in [0, 0.1) is 5.41 Å². The summed E-state index contributed by atoms with van der Waals surface area (Å²) in [6, 6.07) is 0. The van der Waals surface area contributed by atoms with Crippen LogP contribution in [0.2, 0.25) is 0 Å². The second-order valence-electron chi connectivity index (χ2n) is 6.56. The van der Waals surface area contributed by atoms with E-state index >= 15 is 0 Å². The molecule has 0 saturated carbocycles. The van der Waals surface area contributed by atoms with E-state index in [1.54, 1.807) is 0 Å². The number of piperidine rings is 1. The lowest BCUT2D eigenvalue weighted by molar-refractivity contribution is -0.122. The van der Waals surface area contributed by atoms with E-state index in [1.165, 1.54) is 45.3 Å². The van der Waals surface area contributed by atoms with Gasteiger partial charge in [-0.2, -0.15) is 0 Å². The highest BCUT2D eigenvalue weighted by Gasteiger charge is 2.43. The van der Waals surface area contributed by atoms with Crippen LogP contribution in [0.3, 0.4) is 0 Å². The Hall–Kier alpha value is -0.120. The zero-order chi connectivity index (χ0) is 12.4. The van der Waals surface area contributed by atoms with Gasteiger partial charge in [-0.15, -0.1) is 0 Å². The molecule has 3 nitrogen and oxygen atoms in total. The molecule has 0 amide bonds. The molecule has 2 N–H and O–H groups in total. The van der Waals surface area contributed by atoms with Gasteiger partial charge >= 0.3 is 0 Å². The van der Waals surface area contributed by atoms with Crippen molar-refractivity contribution >= 4 is 0 Å². The Bertz CT molecular complexity index is 251. The Kier molecular flexibility index (Phi) is 4.11. The standard InChI is InChI=1S/C14H28N2O/c1-13(2)11-14(6-10-17-13)5-3-8-16(12-14)9-4-7-15/h3-12,15H2,1-2H3. The summed E-state index contributed by atoms with van der Waals surface area (Å²) in [6.07, 6.45) is 6.34. The van der Waals surface area contributed by atoms with E-state index in [0.717, 1.165) is 19.6 Å². The summed E-state index contributed by atoms with van der Waals surface area (Å²) in [5.41, 5.74) is 6.21. The smallest absolute Gasteiger partial charge is 0.0632 e. The van der Waals surface area contributed by atoms with Gasteiger partial charge in [0, 0.05) is 13.2 Å². The third-order valence-electron chi connectivity index (χ3n) is 4.34. The third kappa shape index (κ3) is 3.43. The van der Waals surface area contributed by atoms with Crippen LogP contribution in [0.15, 0.2) is 0 Å². The SMILES string of the molecule is CC1(C)CC2(CCCN(CCCN)C2)CCO1. The van der Waals surface area contributed by atoms with Gasteiger partial charge in [-0.3, -0.25) is 0 Å². The summed E-state index contributed by atoms with van der Waals surface area (Å²) in [5.74, 6) is 0. The van der Waals surface area contributed by atoms with E-state index in [4.69, 9.17) is 10.5 Å². The molecule has 0 aliphatic carbocycles. The Morgan fingerprint density at radius 1 is 1.29 bits per heavy atom. The van der Waals surface area contributed by atoms with Crippen molar-refractivity contribution in [2.45, 2.75) is 51.6 Å². The first-order chi connectivity index (χ1) is 8.05. The van der Waals surface area contributed by atoms with Crippen LogP contribution in [-0.4, -0.2) is 43.3 Å². The van der Waals surface area contributed by atoms with E-state index in [0.29, 0.717) is 5.41 Å². The van der Waals surface area contributed by atoms with E-state index in [1.807, 2.05) is 0 Å². The molecule has 2 heterocycles. The van der Waals surface area contributed by atoms with Crippen molar-refractivity contribution in [2.75, 3.05) is 32.8 Å². The largest absolute Gasteiger partial charge is 0.376 e. The summed E-state index contributed by atoms with van der Waals surface area (Å²) in [7, 11) is 0. The number of likely N-dealkylation sites (tertiary alicyclic amines) is 1. The van der Waals surface area contributed by atoms with Gasteiger partial charge in [-0.05, 0) is 71.0 Å². The molecule has 0 bridgehead atoms. The van der Waals surface area contributed by atoms with Crippen LogP contribution in [-0.2, 0) is 4.74 Å². The summed E-state index contributed by atoms with van der Waals surface area (Å²) in [6.45, 7) is 9.96. The van der Waals surface area contributed by atoms with Gasteiger partial charge in [0.25, 0.3) is 0 Å². The first-order valence-corrected chi connectivity index (χ1v) is 7.12. The highest BCUT2D eigenvalue weighted by atomic mass is 16.5. The van der Waals surface area contributed by atoms with Crippen molar-refractivity contribution < 1.29 is 4.74 Å². The molecule has 2 fully saturated rings. The second kappa shape index (κ2) is 5.25. The quantitative estimate of drug-likeness (QED) is 0.820. The van der Waals surface area contributed by atoms with E-state index < -0.39 is 0 Å². The molecule has 2 aliphatic heterocycles. The Labute approximate surface area is 106 Å². The van der Waals surface area contributed by atoms with Crippen molar-refractivity contribution in [1.29, 1.82) is 0 Å². The molecule has 1 atom stereocenters. The zero-order valence-electron chi connectivity index (χ0n) is 11.5. The summed E-state index contributed by atoms with van der Waals surface area (Å²) < 4.78 is 5.87. The monoisotopic (exact) mass is 240 g/mol. The lowest BCUT2D eigenvalue weighted by atomic mass is 9.69. The molecule has 3 heteroatoms. The fraction of sp³-hybridized carbons (Fsp3) is 1.00. The van der Waals surface area contributed by atoms with Gasteiger partial charge in [0.15, 0.2) is 0 Å². The molecular formula is C14H28N2O. The van der Waals surface area contributed by atoms with Crippen LogP contribution in [0.4, 0.5) is 0 Å². The minimum Gasteiger partial charge on any atom is -0.376 e. The van der Waals surface area contributed by atoms with Gasteiger partial charge in [0.2, 0.25) is 0 Å². The molecule has 2 saturated heterocycles. The average Bonchev–Trinajstić information content (AvgIpc) is 2.25. The van der Waals surface area contributed by atoms with Crippen molar-refractivity contribution in [3.8, 4) is 0 Å². The van der Waals surface area contributed by atoms with Gasteiger partial charge < -0.3 is 15.4 Å². The highest BCUT2D eigenvalue weighted by Crippen LogP contribution is 2.44. The molecule has 17 heavy (non-hydrogen) atoms. The van der Waals surface area contributed by atoms with Gasteiger partial charge in [0.1, 0.15) is 0 Å². The zero-order valence-corrected chi connectivity index (χ0v) is 11.5. The molecule has 0 aromatic carbocycles. The first-order valence-electron chi connectivity index (χ1n) is 7.12. The molecule has 0 aromatic rings. The fourth-order valence-electron chi connectivity index (χ4n) is 3.75. The molecule has 0 radical (unpaired) electrons. The lowest BCUT2D eigenvalue weighted by Crippen LogP contribution is -2.50. The van der Waals surface area contributed by atoms with Crippen LogP contribution in [0.5, 0.6) is 0 Å². The molecule has 1 unspecified atom stereocenters. The van der Waals surface area contributed by atoms with Crippen molar-refractivity contribution in [2.24, 2.45) is 11.1 Å². The molecule has 1 spiro atoms. The Morgan fingerprint density at radius 2 is 2.12 bits per heavy atom. The summed E-state index contributed by atoms with van der Waals surface area (Å²) in [5, 5.41) is 0. The first kappa shape index (κ1) is 13.3. The Balaban J connectivity index is 1.94. The van der Waals surface area contributed by atoms with Crippen molar-refractivity contribution in [3.05, 3.63) is 0 Å². The normalized spacial score (nSPS) is 34.1. The molecule has 0 aromatic heterocycles. The topological polar surface area (TPSA) is 38.5 Å². The second-order valence-corrected chi connectivity index (χ2v) is 6.56. The lowest BCUT2D eigenvalue weighted by Gasteiger charge is -2.50. The van der Waals surface area contributed by atoms with Crippen LogP contribution >= 0.6 is 0 Å². The highest BCUT2D eigenvalue weighted by molar-refractivity contribution is 4.94. The molecule has 2 rings (SSSR count). The van der Waals surface area contributed by atoms with Crippen LogP contribution < -0.4 is 5.73 Å². The number of hydrogen-bond donors (Lipinski definition) is 1. The number of nitrogens with two attached hydrogens (primary N) is 1. The number of ether oxygens (including phenoxy) is 1. The Morgan fingerprint density at radius 3 is 2.82 bits per heavy atom. The molecule has 100 valence electrons. The van der Waals surface area contributed by atoms with Gasteiger partial charge in [0.05, 0.1) is 5.60 Å². The predicted octanol–water partition coefficient (Wildman–Crippen LogP) is 2.01. The average molecular weight is 240 g/mol. The van der Waals surface area contributed by atoms with E-state index in [9.17, 15) is 0 Å². The summed E-state index contributed by atoms with van der Waals surface area (Å²) >= 11 is 0. The van der Waals surface area contributed by atoms with Crippen LogP contribution in [0.25, 0.3) is 0 Å². The summed E-state index contributed by atoms with van der Waals surface area (Å²) in [4.78, 5) is 2.62. The van der Waals surface area contributed by atoms with Gasteiger partial charge in [-0.1, -0.05) is 0 Å². The maximum Gasteiger partial charge on any atom is 0.0632 e. The number of hydrogen-bond acceptors (Lipinski definition) is 3. The van der Waals surface area contributed by atoms with Crippen molar-refractivity contribution in [3.63, 3.8) is 0 Å². The number of nitrogens with zero attached hydrogens (tertiary/aromatic N) is 1. The number of rotatable bonds is 3. The molecular weight excluding hydrogens is 212 g/mol. The molecule has 2 aliphatic rings. The minimum atomic E-state index is 0.0785. The van der Waals surface area contributed by atoms with Crippen molar-refractivity contribution in [1.82, 2.24) is 4.90 Å². The predicted molar refractivity (Wildman–Crippen MR) is 71.0 cm³/mol. The van der Waals surface area contributed by atoms with Gasteiger partial charge in [-0.25, -0.2) is 0 Å². The maximum absolute atomic E-state index is 5.87. The fourth-order valence-corrected chi connectivity index (χ4v) is 3.75. The van der Waals surface area contributed by atoms with E-state index in [-0.39, 0.29) is 5.60 Å². The van der Waals surface area contributed by atoms with Crippen LogP contribution in [0.1, 0.15) is 46.0 Å². The maximum atomic E-state index is 5.87. The van der Waals surface area contributed by atoms with E-state index in [2.05, 4.69) is 18.7 Å². The third-order valence-corrected chi connectivity index (χ3v) is 4.34. The minimum absolute atomic E-state index is 0.0785.